The van der Waals surface area contributed by atoms with E-state index in [1.54, 1.807) is 0 Å². The number of aliphatic carboxylic acids is 1. The first-order valence-corrected chi connectivity index (χ1v) is 9.62. The highest BCUT2D eigenvalue weighted by Crippen LogP contribution is 2.33. The van der Waals surface area contributed by atoms with Gasteiger partial charge in [0.2, 0.25) is 5.91 Å². The van der Waals surface area contributed by atoms with Gasteiger partial charge >= 0.3 is 12.0 Å². The van der Waals surface area contributed by atoms with Crippen LogP contribution < -0.4 is 16.0 Å². The number of unbranched alkanes of at least 4 members (excludes halogenated alkanes) is 1. The maximum atomic E-state index is 11.9. The Bertz CT molecular complexity index is 486. The number of thioether (sulfide) groups is 1. The number of rotatable bonds is 9. The largest absolute Gasteiger partial charge is 0.480 e. The van der Waals surface area contributed by atoms with Crippen molar-refractivity contribution in [1.29, 1.82) is 0 Å². The van der Waals surface area contributed by atoms with Gasteiger partial charge in [0.05, 0.1) is 12.1 Å². The highest BCUT2D eigenvalue weighted by molar-refractivity contribution is 8.00. The number of carbonyl (C=O) groups is 3. The van der Waals surface area contributed by atoms with Crippen molar-refractivity contribution in [3.05, 3.63) is 0 Å². The lowest BCUT2D eigenvalue weighted by atomic mass is 10.0. The van der Waals surface area contributed by atoms with Crippen LogP contribution in [0.2, 0.25) is 0 Å². The average Bonchev–Trinajstić information content (AvgIpc) is 3.02. The Morgan fingerprint density at radius 2 is 2.08 bits per heavy atom. The zero-order chi connectivity index (χ0) is 17.7. The third-order valence-electron chi connectivity index (χ3n) is 4.42. The number of carbonyl (C=O) groups excluding carboxylic acids is 2. The number of urea groups is 1. The van der Waals surface area contributed by atoms with E-state index in [-0.39, 0.29) is 29.9 Å². The summed E-state index contributed by atoms with van der Waals surface area (Å²) in [7, 11) is 0. The molecule has 3 unspecified atom stereocenters. The number of nitrogens with one attached hydrogen (secondary N) is 3. The van der Waals surface area contributed by atoms with Crippen LogP contribution in [0.1, 0.15) is 46.0 Å². The average molecular weight is 357 g/mol. The number of fused-ring (bicyclic) bond motifs is 1. The molecule has 0 saturated carbocycles. The highest BCUT2D eigenvalue weighted by atomic mass is 32.2. The Balaban J connectivity index is 1.64. The first-order chi connectivity index (χ1) is 11.4. The molecule has 0 radical (unpaired) electrons. The molecule has 3 amide bonds. The van der Waals surface area contributed by atoms with Gasteiger partial charge in [-0.05, 0) is 25.2 Å². The van der Waals surface area contributed by atoms with Gasteiger partial charge in [0.25, 0.3) is 0 Å². The first kappa shape index (κ1) is 18.9. The van der Waals surface area contributed by atoms with Crippen LogP contribution in [0.25, 0.3) is 0 Å². The van der Waals surface area contributed by atoms with Crippen LogP contribution in [-0.2, 0) is 9.59 Å². The van der Waals surface area contributed by atoms with E-state index in [4.69, 9.17) is 5.11 Å². The summed E-state index contributed by atoms with van der Waals surface area (Å²) in [4.78, 5) is 34.4. The third-order valence-corrected chi connectivity index (χ3v) is 5.93. The molecule has 2 heterocycles. The molecule has 24 heavy (non-hydrogen) atoms. The number of hydrogen-bond acceptors (Lipinski definition) is 4. The Hall–Kier alpha value is -1.44. The maximum absolute atomic E-state index is 11.9. The molecule has 2 fully saturated rings. The molecule has 0 bridgehead atoms. The molecule has 2 saturated heterocycles. The molecule has 2 rings (SSSR count). The van der Waals surface area contributed by atoms with Crippen molar-refractivity contribution in [3.8, 4) is 0 Å². The van der Waals surface area contributed by atoms with E-state index in [2.05, 4.69) is 16.0 Å². The van der Waals surface area contributed by atoms with Crippen molar-refractivity contribution in [3.63, 3.8) is 0 Å². The summed E-state index contributed by atoms with van der Waals surface area (Å²) < 4.78 is 0. The molecule has 8 heteroatoms. The number of amides is 3. The smallest absolute Gasteiger partial charge is 0.326 e. The van der Waals surface area contributed by atoms with Gasteiger partial charge in [-0.1, -0.05) is 20.3 Å². The van der Waals surface area contributed by atoms with Gasteiger partial charge < -0.3 is 21.1 Å². The van der Waals surface area contributed by atoms with Gasteiger partial charge in [-0.3, -0.25) is 4.79 Å². The van der Waals surface area contributed by atoms with E-state index >= 15 is 0 Å². The molecule has 4 N–H and O–H groups in total. The fourth-order valence-electron chi connectivity index (χ4n) is 3.23. The van der Waals surface area contributed by atoms with Gasteiger partial charge in [-0.15, -0.1) is 0 Å². The lowest BCUT2D eigenvalue weighted by Gasteiger charge is -2.17. The summed E-state index contributed by atoms with van der Waals surface area (Å²) in [6, 6.07) is -0.468. The summed E-state index contributed by atoms with van der Waals surface area (Å²) in [5, 5.41) is 18.0. The van der Waals surface area contributed by atoms with Crippen LogP contribution in [0.15, 0.2) is 0 Å². The van der Waals surface area contributed by atoms with Crippen LogP contribution in [0.4, 0.5) is 4.79 Å². The fraction of sp³-hybridized carbons (Fsp3) is 0.812. The molecule has 4 atom stereocenters. The van der Waals surface area contributed by atoms with Crippen LogP contribution in [0.5, 0.6) is 0 Å². The Morgan fingerprint density at radius 1 is 1.33 bits per heavy atom. The second kappa shape index (κ2) is 8.60. The standard InChI is InChI=1S/C16H27N3O4S/c1-9(2)7-10(15(21)22)17-13(20)6-4-3-5-12-14-11(8-24-12)18-16(23)19-14/h9-12,14H,3-8H2,1-2H3,(H,17,20)(H,21,22)(H2,18,19,23)/t10-,11?,12?,14?/m1/s1. The zero-order valence-electron chi connectivity index (χ0n) is 14.2. The normalized spacial score (nSPS) is 26.6. The van der Waals surface area contributed by atoms with E-state index in [1.165, 1.54) is 0 Å². The number of hydrogen-bond donors (Lipinski definition) is 4. The van der Waals surface area contributed by atoms with Crippen molar-refractivity contribution in [2.45, 2.75) is 69.3 Å². The van der Waals surface area contributed by atoms with E-state index in [9.17, 15) is 14.4 Å². The lowest BCUT2D eigenvalue weighted by molar-refractivity contribution is -0.142. The zero-order valence-corrected chi connectivity index (χ0v) is 15.0. The molecule has 0 aliphatic carbocycles. The molecule has 2 aliphatic heterocycles. The predicted octanol–water partition coefficient (Wildman–Crippen LogP) is 1.33. The molecule has 2 aliphatic rings. The van der Waals surface area contributed by atoms with Crippen LogP contribution in [0.3, 0.4) is 0 Å². The maximum Gasteiger partial charge on any atom is 0.326 e. The molecule has 7 nitrogen and oxygen atoms in total. The van der Waals surface area contributed by atoms with Gasteiger partial charge in [-0.2, -0.15) is 11.8 Å². The first-order valence-electron chi connectivity index (χ1n) is 8.57. The topological polar surface area (TPSA) is 108 Å². The minimum absolute atomic E-state index is 0.0838. The van der Waals surface area contributed by atoms with Crippen molar-refractivity contribution < 1.29 is 19.5 Å². The second-order valence-corrected chi connectivity index (χ2v) is 8.23. The van der Waals surface area contributed by atoms with Gasteiger partial charge in [0.15, 0.2) is 0 Å². The highest BCUT2D eigenvalue weighted by Gasteiger charge is 2.42. The minimum atomic E-state index is -0.977. The number of carboxylic acid groups (broad SMARTS) is 1. The predicted molar refractivity (Wildman–Crippen MR) is 93.0 cm³/mol. The minimum Gasteiger partial charge on any atom is -0.480 e. The van der Waals surface area contributed by atoms with E-state index in [0.29, 0.717) is 18.1 Å². The Kier molecular flexibility index (Phi) is 6.77. The molecule has 0 aromatic carbocycles. The summed E-state index contributed by atoms with van der Waals surface area (Å²) >= 11 is 1.86. The Morgan fingerprint density at radius 3 is 2.75 bits per heavy atom. The molecule has 0 spiro atoms. The van der Waals surface area contributed by atoms with Gasteiger partial charge in [0.1, 0.15) is 6.04 Å². The van der Waals surface area contributed by atoms with Gasteiger partial charge in [0, 0.05) is 17.4 Å². The molecule has 136 valence electrons. The van der Waals surface area contributed by atoms with Gasteiger partial charge in [-0.25, -0.2) is 9.59 Å². The summed E-state index contributed by atoms with van der Waals surface area (Å²) in [6.45, 7) is 3.87. The SMILES string of the molecule is CC(C)C[C@@H](NC(=O)CCCCC1SCC2NC(=O)NC21)C(=O)O. The second-order valence-electron chi connectivity index (χ2n) is 6.96. The summed E-state index contributed by atoms with van der Waals surface area (Å²) in [6.07, 6.45) is 3.37. The lowest BCUT2D eigenvalue weighted by Crippen LogP contribution is -2.41. The van der Waals surface area contributed by atoms with Crippen LogP contribution >= 0.6 is 11.8 Å². The molecule has 0 aromatic heterocycles. The van der Waals surface area contributed by atoms with E-state index in [1.807, 2.05) is 25.6 Å². The van der Waals surface area contributed by atoms with Crippen LogP contribution in [0, 0.1) is 5.92 Å². The Labute approximate surface area is 146 Å². The van der Waals surface area contributed by atoms with Crippen molar-refractivity contribution in [1.82, 2.24) is 16.0 Å². The fourth-order valence-corrected chi connectivity index (χ4v) is 4.78. The van der Waals surface area contributed by atoms with E-state index in [0.717, 1.165) is 25.0 Å². The van der Waals surface area contributed by atoms with Crippen LogP contribution in [-0.4, -0.2) is 52.1 Å². The monoisotopic (exact) mass is 357 g/mol. The summed E-state index contributed by atoms with van der Waals surface area (Å²) in [5.41, 5.74) is 0. The quantitative estimate of drug-likeness (QED) is 0.368. The van der Waals surface area contributed by atoms with E-state index < -0.39 is 12.0 Å². The third kappa shape index (κ3) is 5.29. The summed E-state index contributed by atoms with van der Waals surface area (Å²) in [5.74, 6) is -0.0240. The number of carboxylic acids is 1. The molecular weight excluding hydrogens is 330 g/mol. The molecule has 0 aromatic rings. The van der Waals surface area contributed by atoms with Crippen molar-refractivity contribution in [2.24, 2.45) is 5.92 Å². The molecular formula is C16H27N3O4S. The van der Waals surface area contributed by atoms with Crippen molar-refractivity contribution in [2.75, 3.05) is 5.75 Å². The van der Waals surface area contributed by atoms with Crippen molar-refractivity contribution >= 4 is 29.7 Å².